The van der Waals surface area contributed by atoms with Crippen LogP contribution in [-0.2, 0) is 32.3 Å². The van der Waals surface area contributed by atoms with Crippen LogP contribution >= 0.6 is 11.3 Å². The number of carboxylic acid groups (broad SMARTS) is 1. The monoisotopic (exact) mass is 674 g/mol. The fourth-order valence-corrected chi connectivity index (χ4v) is 7.70. The molecule has 10 heteroatoms. The number of nitrogens with zero attached hydrogens (tertiary/aromatic N) is 3. The zero-order valence-corrected chi connectivity index (χ0v) is 29.2. The normalized spacial score (nSPS) is 17.5. The quantitative estimate of drug-likeness (QED) is 0.0782. The lowest BCUT2D eigenvalue weighted by atomic mass is 9.82. The summed E-state index contributed by atoms with van der Waals surface area (Å²) in [4.78, 5) is 19.6. The number of allylic oxidation sites excluding steroid dienone is 6. The van der Waals surface area contributed by atoms with Gasteiger partial charge in [0, 0.05) is 41.1 Å². The van der Waals surface area contributed by atoms with E-state index in [1.165, 1.54) is 27.4 Å². The minimum Gasteiger partial charge on any atom is -0.481 e. The van der Waals surface area contributed by atoms with E-state index >= 15 is 0 Å². The molecule has 2 N–H and O–H groups in total. The number of hydrogen-bond donors (Lipinski definition) is 2. The van der Waals surface area contributed by atoms with Crippen LogP contribution in [0.1, 0.15) is 70.9 Å². The molecule has 0 saturated carbocycles. The number of carboxylic acids is 1. The number of aliphatic imine (C=N–C) groups is 1. The highest BCUT2D eigenvalue weighted by molar-refractivity contribution is 7.85. The number of rotatable bonds is 14. The average Bonchev–Trinajstić information content (AvgIpc) is 3.68. The molecule has 0 bridgehead atoms. The van der Waals surface area contributed by atoms with E-state index in [0.29, 0.717) is 19.4 Å². The summed E-state index contributed by atoms with van der Waals surface area (Å²) in [7, 11) is -4.01. The lowest BCUT2D eigenvalue weighted by Crippen LogP contribution is -2.35. The van der Waals surface area contributed by atoms with Crippen molar-refractivity contribution < 1.29 is 27.4 Å². The number of aryl methyl sites for hydroxylation is 1. The third-order valence-corrected chi connectivity index (χ3v) is 10.8. The molecule has 5 rings (SSSR count). The van der Waals surface area contributed by atoms with Crippen LogP contribution in [0.25, 0.3) is 10.4 Å². The minimum absolute atomic E-state index is 0.200. The van der Waals surface area contributed by atoms with E-state index < -0.39 is 16.1 Å². The van der Waals surface area contributed by atoms with Gasteiger partial charge < -0.3 is 10.0 Å². The summed E-state index contributed by atoms with van der Waals surface area (Å²) < 4.78 is 33.5. The highest BCUT2D eigenvalue weighted by Gasteiger charge is 2.42. The smallest absolute Gasteiger partial charge is 0.327 e. The maximum atomic E-state index is 11.2. The van der Waals surface area contributed by atoms with Gasteiger partial charge in [-0.15, -0.1) is 11.3 Å². The molecule has 0 amide bonds. The molecule has 8 nitrogen and oxygen atoms in total. The third-order valence-electron chi connectivity index (χ3n) is 9.08. The van der Waals surface area contributed by atoms with E-state index in [2.05, 4.69) is 86.5 Å². The topological polar surface area (TPSA) is 111 Å². The summed E-state index contributed by atoms with van der Waals surface area (Å²) in [6, 6.07) is 15.0. The van der Waals surface area contributed by atoms with Gasteiger partial charge in [-0.3, -0.25) is 9.35 Å². The first-order valence-electron chi connectivity index (χ1n) is 16.1. The zero-order chi connectivity index (χ0) is 33.8. The first kappa shape index (κ1) is 34.5. The standard InChI is InChI=1S/C37H43N3O5S2/c1-36(2)28-14-11-21-39(22-13-25-47(43,44)45)35(28)38-32(36)16-7-5-8-17-33-37(3,4)29-26-27(31-15-12-24-46-31)19-20-30(29)40(33)23-10-6-9-18-34(41)42/h5,7-8,11-12,14-17,19-21,24,26H,6,9-10,13,18,22-23,25H2,1-4H3,(H-,41,42,43,44,45)/p+1. The van der Waals surface area contributed by atoms with Crippen molar-refractivity contribution in [1.82, 2.24) is 0 Å². The summed E-state index contributed by atoms with van der Waals surface area (Å²) in [5, 5.41) is 11.2. The highest BCUT2D eigenvalue weighted by atomic mass is 32.2. The Kier molecular flexibility index (Phi) is 10.3. The van der Waals surface area contributed by atoms with Crippen LogP contribution in [0, 0.1) is 0 Å². The Morgan fingerprint density at radius 1 is 0.979 bits per heavy atom. The molecule has 2 aliphatic rings. The van der Waals surface area contributed by atoms with Crippen molar-refractivity contribution in [2.45, 2.75) is 77.2 Å². The predicted octanol–water partition coefficient (Wildman–Crippen LogP) is 7.78. The lowest BCUT2D eigenvalue weighted by Gasteiger charge is -2.27. The zero-order valence-electron chi connectivity index (χ0n) is 27.5. The van der Waals surface area contributed by atoms with Crippen LogP contribution in [0.15, 0.2) is 95.1 Å². The number of carbonyl (C=O) groups is 1. The number of aliphatic carboxylic acids is 1. The molecule has 0 fully saturated rings. The summed E-state index contributed by atoms with van der Waals surface area (Å²) in [6.07, 6.45) is 15.1. The fraction of sp³-hybridized carbons (Fsp3) is 0.378. The number of anilines is 1. The first-order chi connectivity index (χ1) is 22.3. The molecule has 1 aromatic carbocycles. The van der Waals surface area contributed by atoms with Crippen LogP contribution in [0.3, 0.4) is 0 Å². The summed E-state index contributed by atoms with van der Waals surface area (Å²) >= 11 is 1.74. The van der Waals surface area contributed by atoms with Crippen molar-refractivity contribution in [3.05, 3.63) is 101 Å². The third kappa shape index (κ3) is 7.83. The first-order valence-corrected chi connectivity index (χ1v) is 18.6. The number of hydrogen-bond acceptors (Lipinski definition) is 6. The van der Waals surface area contributed by atoms with E-state index in [-0.39, 0.29) is 23.0 Å². The maximum absolute atomic E-state index is 11.2. The highest BCUT2D eigenvalue weighted by Crippen LogP contribution is 2.49. The molecule has 4 heterocycles. The van der Waals surface area contributed by atoms with E-state index in [4.69, 9.17) is 14.7 Å². The maximum Gasteiger partial charge on any atom is 0.327 e. The second-order valence-electron chi connectivity index (χ2n) is 13.2. The Morgan fingerprint density at radius 3 is 2.51 bits per heavy atom. The molecule has 0 saturated heterocycles. The minimum atomic E-state index is -4.01. The van der Waals surface area contributed by atoms with Crippen molar-refractivity contribution in [3.8, 4) is 10.4 Å². The lowest BCUT2D eigenvalue weighted by molar-refractivity contribution is -0.684. The van der Waals surface area contributed by atoms with Crippen LogP contribution in [0.5, 0.6) is 0 Å². The Balaban J connectivity index is 1.36. The van der Waals surface area contributed by atoms with Gasteiger partial charge in [0.1, 0.15) is 0 Å². The van der Waals surface area contributed by atoms with Crippen LogP contribution in [-0.4, -0.2) is 42.1 Å². The fourth-order valence-electron chi connectivity index (χ4n) is 6.48. The van der Waals surface area contributed by atoms with Gasteiger partial charge in [-0.05, 0) is 90.7 Å². The molecule has 3 aromatic rings. The van der Waals surface area contributed by atoms with E-state index in [9.17, 15) is 13.2 Å². The number of benzene rings is 1. The molecule has 47 heavy (non-hydrogen) atoms. The van der Waals surface area contributed by atoms with Crippen molar-refractivity contribution in [3.63, 3.8) is 0 Å². The van der Waals surface area contributed by atoms with Crippen LogP contribution < -0.4 is 9.47 Å². The SMILES string of the molecule is CC1(C)C(/C=C/C=C/C=C2/N(CCCCCC(=O)O)c3ccc(-c4cccs4)cc3C2(C)C)=Nc2c1ccc[n+]2CCCS(=O)(=O)O. The Hall–Kier alpha value is -3.86. The number of fused-ring (bicyclic) bond motifs is 2. The number of thiophene rings is 1. The molecule has 0 unspecified atom stereocenters. The molecule has 2 aliphatic heterocycles. The average molecular weight is 675 g/mol. The van der Waals surface area contributed by atoms with Gasteiger partial charge in [0.15, 0.2) is 5.71 Å². The van der Waals surface area contributed by atoms with E-state index in [1.54, 1.807) is 11.3 Å². The molecule has 0 aliphatic carbocycles. The number of pyridine rings is 1. The van der Waals surface area contributed by atoms with Gasteiger partial charge in [-0.2, -0.15) is 8.42 Å². The molecule has 0 radical (unpaired) electrons. The largest absolute Gasteiger partial charge is 0.481 e. The summed E-state index contributed by atoms with van der Waals surface area (Å²) in [5.74, 6) is -0.225. The van der Waals surface area contributed by atoms with Gasteiger partial charge in [0.25, 0.3) is 10.1 Å². The second kappa shape index (κ2) is 14.1. The molecule has 248 valence electrons. The number of aromatic nitrogens is 1. The van der Waals surface area contributed by atoms with Crippen molar-refractivity contribution in [1.29, 1.82) is 0 Å². The van der Waals surface area contributed by atoms with Gasteiger partial charge in [0.2, 0.25) is 0 Å². The van der Waals surface area contributed by atoms with Gasteiger partial charge in [-0.25, -0.2) is 4.57 Å². The second-order valence-corrected chi connectivity index (χ2v) is 15.7. The molecule has 2 aromatic heterocycles. The Bertz CT molecular complexity index is 1850. The van der Waals surface area contributed by atoms with Crippen LogP contribution in [0.4, 0.5) is 11.5 Å². The van der Waals surface area contributed by atoms with Crippen molar-refractivity contribution in [2.75, 3.05) is 17.2 Å². The van der Waals surface area contributed by atoms with Crippen LogP contribution in [0.2, 0.25) is 0 Å². The van der Waals surface area contributed by atoms with E-state index in [1.807, 2.05) is 35.1 Å². The molecule has 0 spiro atoms. The van der Waals surface area contributed by atoms with Crippen molar-refractivity contribution in [2.24, 2.45) is 4.99 Å². The van der Waals surface area contributed by atoms with Crippen molar-refractivity contribution >= 4 is 44.6 Å². The van der Waals surface area contributed by atoms with Gasteiger partial charge in [0.05, 0.1) is 29.5 Å². The molecule has 0 atom stereocenters. The molecular weight excluding hydrogens is 631 g/mol. The Morgan fingerprint density at radius 2 is 1.79 bits per heavy atom. The molecular formula is C37H44N3O5S2+. The number of unbranched alkanes of at least 4 members (excludes halogenated alkanes) is 2. The van der Waals surface area contributed by atoms with Gasteiger partial charge in [-0.1, -0.05) is 50.6 Å². The summed E-state index contributed by atoms with van der Waals surface area (Å²) in [6.45, 7) is 10.1. The van der Waals surface area contributed by atoms with Gasteiger partial charge >= 0.3 is 11.8 Å². The van der Waals surface area contributed by atoms with E-state index in [0.717, 1.165) is 36.5 Å². The predicted molar refractivity (Wildman–Crippen MR) is 190 cm³/mol. The summed E-state index contributed by atoms with van der Waals surface area (Å²) in [5.41, 5.74) is 6.35. The Labute approximate surface area is 282 Å².